The smallest absolute Gasteiger partial charge is 0.338 e. The van der Waals surface area contributed by atoms with Crippen LogP contribution in [0.3, 0.4) is 0 Å². The van der Waals surface area contributed by atoms with E-state index in [4.69, 9.17) is 23.2 Å². The summed E-state index contributed by atoms with van der Waals surface area (Å²) < 4.78 is 18.1. The molecule has 2 rings (SSSR count). The zero-order chi connectivity index (χ0) is 14.0. The molecule has 98 valence electrons. The van der Waals surface area contributed by atoms with Crippen molar-refractivity contribution in [3.63, 3.8) is 0 Å². The monoisotopic (exact) mass is 298 g/mol. The van der Waals surface area contributed by atoms with Gasteiger partial charge in [-0.2, -0.15) is 0 Å². The molecule has 0 saturated carbocycles. The summed E-state index contributed by atoms with van der Waals surface area (Å²) in [5, 5.41) is 0.799. The number of carbonyl (C=O) groups excluding carboxylic acids is 1. The topological polar surface area (TPSA) is 26.3 Å². The number of hydrogen-bond acceptors (Lipinski definition) is 2. The van der Waals surface area contributed by atoms with E-state index in [2.05, 4.69) is 4.74 Å². The minimum Gasteiger partial charge on any atom is -0.465 e. The molecule has 2 aromatic carbocycles. The number of esters is 1. The average Bonchev–Trinajstić information content (AvgIpc) is 2.38. The fourth-order valence-corrected chi connectivity index (χ4v) is 2.25. The van der Waals surface area contributed by atoms with E-state index in [0.717, 1.165) is 0 Å². The molecule has 0 saturated heterocycles. The largest absolute Gasteiger partial charge is 0.465 e. The van der Waals surface area contributed by atoms with E-state index in [0.29, 0.717) is 21.2 Å². The molecule has 0 N–H and O–H groups in total. The summed E-state index contributed by atoms with van der Waals surface area (Å²) in [5.41, 5.74) is 1.13. The Morgan fingerprint density at radius 1 is 1.11 bits per heavy atom. The van der Waals surface area contributed by atoms with Gasteiger partial charge < -0.3 is 4.74 Å². The lowest BCUT2D eigenvalue weighted by Crippen LogP contribution is -2.04. The minimum absolute atomic E-state index is 0.244. The third kappa shape index (κ3) is 2.88. The van der Waals surface area contributed by atoms with Crippen molar-refractivity contribution >= 4 is 29.2 Å². The maximum atomic E-state index is 13.4. The second-order valence-electron chi connectivity index (χ2n) is 3.81. The molecular formula is C14H9Cl2FO2. The van der Waals surface area contributed by atoms with E-state index in [-0.39, 0.29) is 5.56 Å². The Balaban J connectivity index is 2.66. The number of methoxy groups -OCH3 is 1. The quantitative estimate of drug-likeness (QED) is 0.758. The van der Waals surface area contributed by atoms with Gasteiger partial charge in [-0.25, -0.2) is 9.18 Å². The van der Waals surface area contributed by atoms with Gasteiger partial charge >= 0.3 is 5.97 Å². The number of hydrogen-bond donors (Lipinski definition) is 0. The molecule has 0 amide bonds. The second-order valence-corrected chi connectivity index (χ2v) is 4.65. The number of carbonyl (C=O) groups is 1. The molecule has 0 heterocycles. The lowest BCUT2D eigenvalue weighted by Gasteiger charge is -2.10. The van der Waals surface area contributed by atoms with Crippen LogP contribution < -0.4 is 0 Å². The first-order chi connectivity index (χ1) is 9.02. The first-order valence-corrected chi connectivity index (χ1v) is 6.12. The van der Waals surface area contributed by atoms with Crippen molar-refractivity contribution in [3.8, 4) is 11.1 Å². The third-order valence-corrected chi connectivity index (χ3v) is 3.16. The summed E-state index contributed by atoms with van der Waals surface area (Å²) in [5.74, 6) is -1.02. The van der Waals surface area contributed by atoms with Crippen molar-refractivity contribution in [2.75, 3.05) is 7.11 Å². The maximum Gasteiger partial charge on any atom is 0.338 e. The molecule has 0 unspecified atom stereocenters. The Hall–Kier alpha value is -1.58. The van der Waals surface area contributed by atoms with Crippen LogP contribution in [0.2, 0.25) is 10.0 Å². The number of rotatable bonds is 2. The fourth-order valence-electron chi connectivity index (χ4n) is 1.74. The van der Waals surface area contributed by atoms with Gasteiger partial charge in [0.1, 0.15) is 5.82 Å². The van der Waals surface area contributed by atoms with Gasteiger partial charge in [-0.1, -0.05) is 29.3 Å². The van der Waals surface area contributed by atoms with Crippen LogP contribution in [0.15, 0.2) is 36.4 Å². The molecule has 2 aromatic rings. The molecule has 0 aromatic heterocycles. The Morgan fingerprint density at radius 2 is 1.84 bits per heavy atom. The lowest BCUT2D eigenvalue weighted by molar-refractivity contribution is 0.0601. The number of benzene rings is 2. The minimum atomic E-state index is -0.555. The van der Waals surface area contributed by atoms with E-state index < -0.39 is 11.8 Å². The van der Waals surface area contributed by atoms with Gasteiger partial charge in [0.05, 0.1) is 12.7 Å². The number of halogens is 3. The van der Waals surface area contributed by atoms with Crippen LogP contribution in [0.1, 0.15) is 10.4 Å². The van der Waals surface area contributed by atoms with E-state index in [1.54, 1.807) is 12.1 Å². The molecule has 0 aliphatic rings. The van der Waals surface area contributed by atoms with Crippen LogP contribution in [-0.4, -0.2) is 13.1 Å². The third-order valence-electron chi connectivity index (χ3n) is 2.61. The second kappa shape index (κ2) is 5.59. The van der Waals surface area contributed by atoms with Crippen LogP contribution in [-0.2, 0) is 4.74 Å². The molecule has 5 heteroatoms. The van der Waals surface area contributed by atoms with Gasteiger partial charge in [-0.15, -0.1) is 0 Å². The molecule has 0 fully saturated rings. The Morgan fingerprint density at radius 3 is 2.47 bits per heavy atom. The highest BCUT2D eigenvalue weighted by Crippen LogP contribution is 2.33. The highest BCUT2D eigenvalue weighted by molar-refractivity contribution is 6.36. The molecular weight excluding hydrogens is 290 g/mol. The molecule has 0 aliphatic carbocycles. The Labute approximate surface area is 119 Å². The van der Waals surface area contributed by atoms with Gasteiger partial charge in [-0.3, -0.25) is 0 Å². The standard InChI is InChI=1S/C14H9Cl2FO2/c1-19-14(18)11-5-3-9(17)7-12(11)10-4-2-8(15)6-13(10)16/h2-7H,1H3. The van der Waals surface area contributed by atoms with E-state index in [9.17, 15) is 9.18 Å². The number of ether oxygens (including phenoxy) is 1. The van der Waals surface area contributed by atoms with Crippen molar-refractivity contribution < 1.29 is 13.9 Å². The zero-order valence-electron chi connectivity index (χ0n) is 9.91. The first-order valence-electron chi connectivity index (χ1n) is 5.36. The lowest BCUT2D eigenvalue weighted by atomic mass is 9.99. The van der Waals surface area contributed by atoms with Gasteiger partial charge in [0, 0.05) is 21.2 Å². The zero-order valence-corrected chi connectivity index (χ0v) is 11.4. The molecule has 0 spiro atoms. The van der Waals surface area contributed by atoms with Crippen molar-refractivity contribution in [2.45, 2.75) is 0 Å². The Kier molecular flexibility index (Phi) is 4.08. The molecule has 0 aliphatic heterocycles. The summed E-state index contributed by atoms with van der Waals surface area (Å²) in [6.07, 6.45) is 0. The van der Waals surface area contributed by atoms with Gasteiger partial charge in [-0.05, 0) is 30.3 Å². The highest BCUT2D eigenvalue weighted by atomic mass is 35.5. The van der Waals surface area contributed by atoms with Crippen molar-refractivity contribution in [1.82, 2.24) is 0 Å². The van der Waals surface area contributed by atoms with Crippen LogP contribution >= 0.6 is 23.2 Å². The van der Waals surface area contributed by atoms with Crippen LogP contribution in [0.25, 0.3) is 11.1 Å². The molecule has 0 bridgehead atoms. The average molecular weight is 299 g/mol. The van der Waals surface area contributed by atoms with Gasteiger partial charge in [0.2, 0.25) is 0 Å². The molecule has 2 nitrogen and oxygen atoms in total. The molecule has 0 atom stereocenters. The van der Waals surface area contributed by atoms with E-state index >= 15 is 0 Å². The van der Waals surface area contributed by atoms with Crippen LogP contribution in [0.5, 0.6) is 0 Å². The van der Waals surface area contributed by atoms with Crippen molar-refractivity contribution in [2.24, 2.45) is 0 Å². The molecule has 0 radical (unpaired) electrons. The van der Waals surface area contributed by atoms with Gasteiger partial charge in [0.15, 0.2) is 0 Å². The predicted octanol–water partition coefficient (Wildman–Crippen LogP) is 4.59. The van der Waals surface area contributed by atoms with Crippen molar-refractivity contribution in [1.29, 1.82) is 0 Å². The summed E-state index contributed by atoms with van der Waals surface area (Å²) in [6, 6.07) is 8.58. The normalized spacial score (nSPS) is 10.3. The van der Waals surface area contributed by atoms with Crippen molar-refractivity contribution in [3.05, 3.63) is 57.8 Å². The first kappa shape index (κ1) is 13.8. The van der Waals surface area contributed by atoms with Crippen LogP contribution in [0, 0.1) is 5.82 Å². The summed E-state index contributed by atoms with van der Waals surface area (Å²) in [7, 11) is 1.26. The molecule has 19 heavy (non-hydrogen) atoms. The van der Waals surface area contributed by atoms with E-state index in [1.807, 2.05) is 0 Å². The predicted molar refractivity (Wildman–Crippen MR) is 73.2 cm³/mol. The summed E-state index contributed by atoms with van der Waals surface area (Å²) >= 11 is 11.9. The fraction of sp³-hybridized carbons (Fsp3) is 0.0714. The maximum absolute atomic E-state index is 13.4. The SMILES string of the molecule is COC(=O)c1ccc(F)cc1-c1ccc(Cl)cc1Cl. The Bertz CT molecular complexity index is 641. The summed E-state index contributed by atoms with van der Waals surface area (Å²) in [4.78, 5) is 11.7. The summed E-state index contributed by atoms with van der Waals surface area (Å²) in [6.45, 7) is 0. The van der Waals surface area contributed by atoms with Crippen LogP contribution in [0.4, 0.5) is 4.39 Å². The van der Waals surface area contributed by atoms with E-state index in [1.165, 1.54) is 31.4 Å². The van der Waals surface area contributed by atoms with Gasteiger partial charge in [0.25, 0.3) is 0 Å². The highest BCUT2D eigenvalue weighted by Gasteiger charge is 2.16.